The number of aromatic nitrogens is 2. The van der Waals surface area contributed by atoms with Crippen molar-refractivity contribution in [2.45, 2.75) is 50.8 Å². The molecule has 2 saturated heterocycles. The summed E-state index contributed by atoms with van der Waals surface area (Å²) in [5.74, 6) is 0.942. The first kappa shape index (κ1) is 31.0. The van der Waals surface area contributed by atoms with Gasteiger partial charge in [-0.3, -0.25) is 14.7 Å². The van der Waals surface area contributed by atoms with Crippen molar-refractivity contribution in [1.29, 1.82) is 0 Å². The summed E-state index contributed by atoms with van der Waals surface area (Å²) in [6.07, 6.45) is 7.65. The predicted molar refractivity (Wildman–Crippen MR) is 182 cm³/mol. The van der Waals surface area contributed by atoms with E-state index in [4.69, 9.17) is 4.74 Å². The molecule has 2 atom stereocenters. The summed E-state index contributed by atoms with van der Waals surface area (Å²) in [7, 11) is 0. The van der Waals surface area contributed by atoms with Gasteiger partial charge in [-0.2, -0.15) is 5.10 Å². The number of nitrogens with two attached hydrogens (primary N) is 1. The number of carbonyl (C=O) groups is 2. The van der Waals surface area contributed by atoms with Gasteiger partial charge in [-0.05, 0) is 54.5 Å². The molecule has 9 heteroatoms. The number of nitrogens with one attached hydrogen (secondary N) is 1. The van der Waals surface area contributed by atoms with Gasteiger partial charge in [0.2, 0.25) is 5.91 Å². The molecule has 3 N–H and O–H groups in total. The lowest BCUT2D eigenvalue weighted by Gasteiger charge is -2.36. The van der Waals surface area contributed by atoms with Gasteiger partial charge in [0.25, 0.3) is 5.91 Å². The van der Waals surface area contributed by atoms with Crippen molar-refractivity contribution in [2.75, 3.05) is 44.2 Å². The van der Waals surface area contributed by atoms with Gasteiger partial charge in [0.05, 0.1) is 38.3 Å². The van der Waals surface area contributed by atoms with Crippen molar-refractivity contribution in [3.8, 4) is 16.9 Å². The lowest BCUT2D eigenvalue weighted by molar-refractivity contribution is -0.662. The summed E-state index contributed by atoms with van der Waals surface area (Å²) in [6, 6.07) is 27.0. The summed E-state index contributed by atoms with van der Waals surface area (Å²) in [6.45, 7) is 5.54. The molecule has 4 aromatic rings. The van der Waals surface area contributed by atoms with Crippen LogP contribution in [0.1, 0.15) is 36.8 Å². The Hall–Kier alpha value is -4.63. The van der Waals surface area contributed by atoms with Crippen molar-refractivity contribution in [2.24, 2.45) is 5.92 Å². The van der Waals surface area contributed by atoms with E-state index in [-0.39, 0.29) is 17.7 Å². The molecular weight excluding hydrogens is 588 g/mol. The average molecular weight is 634 g/mol. The highest BCUT2D eigenvalue weighted by Gasteiger charge is 2.37. The van der Waals surface area contributed by atoms with Crippen molar-refractivity contribution in [3.05, 3.63) is 102 Å². The molecule has 47 heavy (non-hydrogen) atoms. The first-order chi connectivity index (χ1) is 23.1. The van der Waals surface area contributed by atoms with E-state index in [1.54, 1.807) is 0 Å². The Kier molecular flexibility index (Phi) is 9.51. The highest BCUT2D eigenvalue weighted by molar-refractivity contribution is 5.82. The highest BCUT2D eigenvalue weighted by atomic mass is 16.5. The van der Waals surface area contributed by atoms with Gasteiger partial charge in [0.15, 0.2) is 6.10 Å². The minimum absolute atomic E-state index is 0.0484. The van der Waals surface area contributed by atoms with Crippen molar-refractivity contribution in [1.82, 2.24) is 20.0 Å². The molecule has 244 valence electrons. The Balaban J connectivity index is 1.03. The number of hydrogen-bond acceptors (Lipinski definition) is 5. The standard InChI is InChI=1S/C38H44N6O3/c45-37(44(33-15-16-33)26-29-11-13-30(14-12-29)32-24-40-41-25-32)31-8-5-19-43(27-31)34-9-4-10-35(23-34)47-36(22-28-6-2-1-3-7-28)38(46)42-20-17-39-18-21-42/h1-4,6-7,9-14,23-25,31,33,36,39H,5,8,15-22,26-27H2,(H,40,41)/p+1/t31-,36?/m1/s1. The third-order valence-corrected chi connectivity index (χ3v) is 9.70. The first-order valence-electron chi connectivity index (χ1n) is 17.2. The second-order valence-corrected chi connectivity index (χ2v) is 13.2. The number of piperidine rings is 1. The van der Waals surface area contributed by atoms with Crippen LogP contribution in [0, 0.1) is 5.92 Å². The third-order valence-electron chi connectivity index (χ3n) is 9.70. The quantitative estimate of drug-likeness (QED) is 0.261. The van der Waals surface area contributed by atoms with Crippen LogP contribution in [0.2, 0.25) is 0 Å². The number of ether oxygens (including phenoxy) is 1. The number of anilines is 1. The number of nitrogens with zero attached hydrogens (tertiary/aromatic N) is 4. The molecule has 0 bridgehead atoms. The largest absolute Gasteiger partial charge is 0.480 e. The topological polar surface area (TPSA) is 98.4 Å². The van der Waals surface area contributed by atoms with E-state index in [1.807, 2.05) is 53.7 Å². The molecule has 7 rings (SSSR count). The Labute approximate surface area is 276 Å². The van der Waals surface area contributed by atoms with E-state index in [0.717, 1.165) is 86.3 Å². The van der Waals surface area contributed by atoms with E-state index >= 15 is 0 Å². The minimum atomic E-state index is -0.595. The summed E-state index contributed by atoms with van der Waals surface area (Å²) >= 11 is 0. The van der Waals surface area contributed by atoms with Crippen LogP contribution in [0.4, 0.5) is 5.69 Å². The summed E-state index contributed by atoms with van der Waals surface area (Å²) in [5, 5.41) is 9.18. The number of piperazine rings is 1. The number of benzene rings is 3. The van der Waals surface area contributed by atoms with Crippen LogP contribution in [0.3, 0.4) is 0 Å². The van der Waals surface area contributed by atoms with Crippen molar-refractivity contribution in [3.63, 3.8) is 0 Å². The number of rotatable bonds is 11. The molecule has 2 aliphatic heterocycles. The van der Waals surface area contributed by atoms with Crippen molar-refractivity contribution < 1.29 is 19.6 Å². The van der Waals surface area contributed by atoms with Crippen LogP contribution < -0.4 is 15.0 Å². The van der Waals surface area contributed by atoms with E-state index in [1.165, 1.54) is 0 Å². The zero-order chi connectivity index (χ0) is 32.0. The molecule has 0 spiro atoms. The highest BCUT2D eigenvalue weighted by Crippen LogP contribution is 2.33. The van der Waals surface area contributed by atoms with Gasteiger partial charge in [-0.15, -0.1) is 0 Å². The maximum atomic E-state index is 14.0. The maximum Gasteiger partial charge on any atom is 0.264 e. The fraction of sp³-hybridized carbons (Fsp3) is 0.395. The molecular formula is C38H45N6O3+. The average Bonchev–Trinajstić information content (AvgIpc) is 3.83. The Morgan fingerprint density at radius 3 is 2.47 bits per heavy atom. The molecule has 1 aromatic heterocycles. The SMILES string of the molecule is O=C(C(Cc1ccccc1)Oc1cccc(N2CCC[C@@H](C(=O)N(Cc3ccc(-c4cn[nH]c4)cc3)C3CC3)C2)c1)N1CC[NH2+]CC1. The van der Waals surface area contributed by atoms with Gasteiger partial charge in [0, 0.05) is 55.6 Å². The molecule has 1 unspecified atom stereocenters. The van der Waals surface area contributed by atoms with E-state index in [9.17, 15) is 9.59 Å². The smallest absolute Gasteiger partial charge is 0.264 e. The zero-order valence-corrected chi connectivity index (χ0v) is 27.0. The van der Waals surface area contributed by atoms with Crippen molar-refractivity contribution >= 4 is 17.5 Å². The maximum absolute atomic E-state index is 14.0. The van der Waals surface area contributed by atoms with Gasteiger partial charge in [0.1, 0.15) is 5.75 Å². The van der Waals surface area contributed by atoms with Crippen LogP contribution in [0.5, 0.6) is 5.75 Å². The normalized spacial score (nSPS) is 18.9. The fourth-order valence-electron chi connectivity index (χ4n) is 6.93. The van der Waals surface area contributed by atoms with Crippen LogP contribution >= 0.6 is 0 Å². The molecule has 3 aliphatic rings. The number of H-pyrrole nitrogens is 1. The Bertz CT molecular complexity index is 1620. The van der Waals surface area contributed by atoms with Crippen LogP contribution in [-0.2, 0) is 22.6 Å². The summed E-state index contributed by atoms with van der Waals surface area (Å²) in [5.41, 5.74) is 5.44. The van der Waals surface area contributed by atoms with E-state index in [0.29, 0.717) is 31.3 Å². The molecule has 2 amide bonds. The van der Waals surface area contributed by atoms with Gasteiger partial charge in [-0.1, -0.05) is 60.7 Å². The van der Waals surface area contributed by atoms with Crippen LogP contribution in [0.15, 0.2) is 91.3 Å². The molecule has 1 aliphatic carbocycles. The fourth-order valence-corrected chi connectivity index (χ4v) is 6.93. The third kappa shape index (κ3) is 7.68. The van der Waals surface area contributed by atoms with Gasteiger partial charge >= 0.3 is 0 Å². The van der Waals surface area contributed by atoms with Gasteiger partial charge < -0.3 is 24.8 Å². The molecule has 3 heterocycles. The monoisotopic (exact) mass is 633 g/mol. The summed E-state index contributed by atoms with van der Waals surface area (Å²) < 4.78 is 6.51. The van der Waals surface area contributed by atoms with Crippen LogP contribution in [-0.4, -0.2) is 83.2 Å². The number of hydrogen-bond donors (Lipinski definition) is 2. The molecule has 3 fully saturated rings. The molecule has 0 radical (unpaired) electrons. The van der Waals surface area contributed by atoms with E-state index < -0.39 is 6.10 Å². The first-order valence-corrected chi connectivity index (χ1v) is 17.2. The number of aromatic amines is 1. The summed E-state index contributed by atoms with van der Waals surface area (Å²) in [4.78, 5) is 34.1. The molecule has 9 nitrogen and oxygen atoms in total. The lowest BCUT2D eigenvalue weighted by Crippen LogP contribution is -2.90. The van der Waals surface area contributed by atoms with Gasteiger partial charge in [-0.25, -0.2) is 0 Å². The van der Waals surface area contributed by atoms with E-state index in [2.05, 4.69) is 67.8 Å². The Morgan fingerprint density at radius 1 is 0.915 bits per heavy atom. The molecule has 3 aromatic carbocycles. The minimum Gasteiger partial charge on any atom is -0.480 e. The number of carbonyl (C=O) groups excluding carboxylic acids is 2. The number of amides is 2. The lowest BCUT2D eigenvalue weighted by atomic mass is 9.95. The Morgan fingerprint density at radius 2 is 1.72 bits per heavy atom. The predicted octanol–water partition coefficient (Wildman–Crippen LogP) is 3.88. The molecule has 1 saturated carbocycles. The second-order valence-electron chi connectivity index (χ2n) is 13.2. The zero-order valence-electron chi connectivity index (χ0n) is 27.0. The van der Waals surface area contributed by atoms with Crippen LogP contribution in [0.25, 0.3) is 11.1 Å². The number of quaternary nitrogens is 1. The second kappa shape index (κ2) is 14.4.